The zero-order valence-electron chi connectivity index (χ0n) is 10.4. The molecule has 0 aliphatic carbocycles. The summed E-state index contributed by atoms with van der Waals surface area (Å²) in [5, 5.41) is 8.94. The molecule has 94 valence electrons. The molecule has 2 rings (SSSR count). The first-order valence-electron chi connectivity index (χ1n) is 6.03. The first kappa shape index (κ1) is 13.0. The van der Waals surface area contributed by atoms with E-state index in [2.05, 4.69) is 30.3 Å². The van der Waals surface area contributed by atoms with E-state index >= 15 is 0 Å². The van der Waals surface area contributed by atoms with E-state index in [4.69, 9.17) is 5.26 Å². The van der Waals surface area contributed by atoms with Gasteiger partial charge in [0.15, 0.2) is 0 Å². The number of carbonyl (C=O) groups excluding carboxylic acids is 1. The van der Waals surface area contributed by atoms with Gasteiger partial charge in [0.1, 0.15) is 0 Å². The van der Waals surface area contributed by atoms with E-state index in [0.29, 0.717) is 25.9 Å². The van der Waals surface area contributed by atoms with Gasteiger partial charge in [0.05, 0.1) is 12.0 Å². The van der Waals surface area contributed by atoms with Crippen LogP contribution in [0.15, 0.2) is 29.2 Å². The first-order valence-corrected chi connectivity index (χ1v) is 7.25. The molecular weight excluding hydrogens is 244 g/mol. The van der Waals surface area contributed by atoms with Gasteiger partial charge in [-0.1, -0.05) is 12.1 Å². The molecule has 0 radical (unpaired) electrons. The molecule has 1 heterocycles. The summed E-state index contributed by atoms with van der Waals surface area (Å²) >= 11 is 1.70. The Balaban J connectivity index is 2.02. The Hall–Kier alpha value is -1.47. The van der Waals surface area contributed by atoms with Gasteiger partial charge < -0.3 is 4.90 Å². The molecule has 4 heteroatoms. The van der Waals surface area contributed by atoms with Crippen molar-refractivity contribution in [3.63, 3.8) is 0 Å². The highest BCUT2D eigenvalue weighted by Gasteiger charge is 2.25. The minimum absolute atomic E-state index is 0.00632. The average Bonchev–Trinajstić information content (AvgIpc) is 2.42. The van der Waals surface area contributed by atoms with E-state index in [1.807, 2.05) is 6.26 Å². The summed E-state index contributed by atoms with van der Waals surface area (Å²) in [6.07, 6.45) is 3.25. The minimum Gasteiger partial charge on any atom is -0.337 e. The second-order valence-corrected chi connectivity index (χ2v) is 5.37. The first-order chi connectivity index (χ1) is 8.72. The molecule has 1 aliphatic rings. The Morgan fingerprint density at radius 2 is 2.17 bits per heavy atom. The Bertz CT molecular complexity index is 464. The molecule has 0 N–H and O–H groups in total. The molecule has 0 bridgehead atoms. The van der Waals surface area contributed by atoms with Crippen LogP contribution in [0.5, 0.6) is 0 Å². The number of rotatable bonds is 3. The average molecular weight is 260 g/mol. The summed E-state index contributed by atoms with van der Waals surface area (Å²) in [4.78, 5) is 14.8. The lowest BCUT2D eigenvalue weighted by atomic mass is 9.98. The van der Waals surface area contributed by atoms with Crippen LogP contribution >= 0.6 is 11.8 Å². The Kier molecular flexibility index (Phi) is 4.27. The van der Waals surface area contributed by atoms with Crippen LogP contribution in [0, 0.1) is 17.2 Å². The van der Waals surface area contributed by atoms with E-state index < -0.39 is 0 Å². The monoisotopic (exact) mass is 260 g/mol. The maximum absolute atomic E-state index is 11.8. The van der Waals surface area contributed by atoms with Crippen LogP contribution in [0.4, 0.5) is 0 Å². The number of hydrogen-bond donors (Lipinski definition) is 0. The molecule has 0 spiro atoms. The van der Waals surface area contributed by atoms with Crippen LogP contribution in [0.2, 0.25) is 0 Å². The van der Waals surface area contributed by atoms with Gasteiger partial charge >= 0.3 is 0 Å². The van der Waals surface area contributed by atoms with E-state index in [9.17, 15) is 4.79 Å². The fraction of sp³-hybridized carbons (Fsp3) is 0.429. The molecule has 3 nitrogen and oxygen atoms in total. The molecule has 0 aromatic heterocycles. The van der Waals surface area contributed by atoms with Gasteiger partial charge in [-0.2, -0.15) is 5.26 Å². The third-order valence-corrected chi connectivity index (χ3v) is 3.96. The van der Waals surface area contributed by atoms with Gasteiger partial charge in [-0.25, -0.2) is 0 Å². The van der Waals surface area contributed by atoms with Crippen molar-refractivity contribution >= 4 is 17.7 Å². The fourth-order valence-corrected chi connectivity index (χ4v) is 2.53. The number of thioether (sulfide) groups is 1. The lowest BCUT2D eigenvalue weighted by molar-refractivity contribution is -0.134. The predicted octanol–water partition coefficient (Wildman–Crippen LogP) is 2.67. The van der Waals surface area contributed by atoms with Crippen molar-refractivity contribution in [3.05, 3.63) is 29.8 Å². The fourth-order valence-electron chi connectivity index (χ4n) is 2.12. The van der Waals surface area contributed by atoms with Crippen molar-refractivity contribution < 1.29 is 4.79 Å². The molecule has 18 heavy (non-hydrogen) atoms. The van der Waals surface area contributed by atoms with E-state index in [1.165, 1.54) is 4.90 Å². The smallest absolute Gasteiger partial charge is 0.222 e. The molecule has 1 fully saturated rings. The second kappa shape index (κ2) is 5.92. The van der Waals surface area contributed by atoms with Crippen LogP contribution in [0.3, 0.4) is 0 Å². The van der Waals surface area contributed by atoms with E-state index in [0.717, 1.165) is 5.56 Å². The zero-order valence-corrected chi connectivity index (χ0v) is 11.2. The van der Waals surface area contributed by atoms with Crippen LogP contribution in [0.1, 0.15) is 18.4 Å². The highest BCUT2D eigenvalue weighted by atomic mass is 32.2. The Morgan fingerprint density at radius 1 is 1.44 bits per heavy atom. The van der Waals surface area contributed by atoms with Crippen molar-refractivity contribution in [1.29, 1.82) is 5.26 Å². The zero-order chi connectivity index (χ0) is 13.0. The van der Waals surface area contributed by atoms with Gasteiger partial charge in [0.25, 0.3) is 0 Å². The molecule has 1 atom stereocenters. The molecular formula is C14H16N2OS. The lowest BCUT2D eigenvalue weighted by Gasteiger charge is -2.29. The van der Waals surface area contributed by atoms with Gasteiger partial charge in [-0.3, -0.25) is 4.79 Å². The maximum atomic E-state index is 11.8. The lowest BCUT2D eigenvalue weighted by Crippen LogP contribution is -2.38. The van der Waals surface area contributed by atoms with Crippen molar-refractivity contribution in [2.75, 3.05) is 12.8 Å². The van der Waals surface area contributed by atoms with Crippen LogP contribution in [-0.2, 0) is 11.3 Å². The molecule has 0 saturated carbocycles. The van der Waals surface area contributed by atoms with Crippen molar-refractivity contribution in [2.24, 2.45) is 5.92 Å². The largest absolute Gasteiger partial charge is 0.337 e. The number of nitrogens with zero attached hydrogens (tertiary/aromatic N) is 2. The summed E-state index contributed by atoms with van der Waals surface area (Å²) in [6, 6.07) is 10.5. The summed E-state index contributed by atoms with van der Waals surface area (Å²) in [5.74, 6) is 0.156. The maximum Gasteiger partial charge on any atom is 0.222 e. The third kappa shape index (κ3) is 3.05. The van der Waals surface area contributed by atoms with Crippen LogP contribution in [-0.4, -0.2) is 23.6 Å². The van der Waals surface area contributed by atoms with Crippen molar-refractivity contribution in [1.82, 2.24) is 4.90 Å². The standard InChI is InChI=1S/C14H16N2OS/c1-18-13-5-2-11(3-6-13)9-16-10-12(8-15)4-7-14(16)17/h2-3,5-6,12H,4,7,9-10H2,1H3. The van der Waals surface area contributed by atoms with Crippen LogP contribution < -0.4 is 0 Å². The Morgan fingerprint density at radius 3 is 2.78 bits per heavy atom. The normalized spacial score (nSPS) is 19.7. The summed E-state index contributed by atoms with van der Waals surface area (Å²) < 4.78 is 0. The number of likely N-dealkylation sites (tertiary alicyclic amines) is 1. The van der Waals surface area contributed by atoms with Gasteiger partial charge in [0, 0.05) is 24.4 Å². The highest BCUT2D eigenvalue weighted by Crippen LogP contribution is 2.20. The topological polar surface area (TPSA) is 44.1 Å². The predicted molar refractivity (Wildman–Crippen MR) is 72.0 cm³/mol. The second-order valence-electron chi connectivity index (χ2n) is 4.49. The third-order valence-electron chi connectivity index (χ3n) is 3.22. The summed E-state index contributed by atoms with van der Waals surface area (Å²) in [6.45, 7) is 1.19. The van der Waals surface area contributed by atoms with Gasteiger partial charge in [-0.15, -0.1) is 11.8 Å². The number of amides is 1. The number of hydrogen-bond acceptors (Lipinski definition) is 3. The summed E-state index contributed by atoms with van der Waals surface area (Å²) in [7, 11) is 0. The van der Waals surface area contributed by atoms with E-state index in [-0.39, 0.29) is 11.8 Å². The molecule has 1 unspecified atom stereocenters. The quantitative estimate of drug-likeness (QED) is 0.785. The van der Waals surface area contributed by atoms with Gasteiger partial charge in [0.2, 0.25) is 5.91 Å². The molecule has 1 aromatic carbocycles. The molecule has 1 aromatic rings. The molecule has 1 saturated heterocycles. The van der Waals surface area contributed by atoms with Crippen LogP contribution in [0.25, 0.3) is 0 Å². The van der Waals surface area contributed by atoms with Crippen molar-refractivity contribution in [3.8, 4) is 6.07 Å². The molecule has 1 amide bonds. The highest BCUT2D eigenvalue weighted by molar-refractivity contribution is 7.98. The number of piperidine rings is 1. The number of nitriles is 1. The summed E-state index contributed by atoms with van der Waals surface area (Å²) in [5.41, 5.74) is 1.12. The van der Waals surface area contributed by atoms with Gasteiger partial charge in [-0.05, 0) is 30.4 Å². The van der Waals surface area contributed by atoms with E-state index in [1.54, 1.807) is 16.7 Å². The Labute approximate surface area is 112 Å². The molecule has 1 aliphatic heterocycles. The SMILES string of the molecule is CSc1ccc(CN2CC(C#N)CCC2=O)cc1. The number of carbonyl (C=O) groups is 1. The van der Waals surface area contributed by atoms with Crippen molar-refractivity contribution in [2.45, 2.75) is 24.3 Å². The number of benzene rings is 1. The minimum atomic E-state index is -0.00632.